The summed E-state index contributed by atoms with van der Waals surface area (Å²) in [4.78, 5) is 15.3. The van der Waals surface area contributed by atoms with Crippen LogP contribution in [0.5, 0.6) is 11.5 Å². The number of benzene rings is 1. The highest BCUT2D eigenvalue weighted by Crippen LogP contribution is 2.31. The lowest BCUT2D eigenvalue weighted by atomic mass is 10.1. The standard InChI is InChI=1S/C15H14BrNO3S/c1-17(9-11-3-5-14(16)21-11)15(18)10-2-4-12-13(8-10)20-7-6-19-12/h2-5,8H,6-7,9H2,1H3. The van der Waals surface area contributed by atoms with E-state index in [2.05, 4.69) is 15.9 Å². The van der Waals surface area contributed by atoms with Crippen LogP contribution in [0.3, 0.4) is 0 Å². The van der Waals surface area contributed by atoms with Gasteiger partial charge in [-0.25, -0.2) is 0 Å². The van der Waals surface area contributed by atoms with Crippen LogP contribution in [-0.2, 0) is 6.54 Å². The van der Waals surface area contributed by atoms with Crippen molar-refractivity contribution in [2.45, 2.75) is 6.54 Å². The third-order valence-corrected chi connectivity index (χ3v) is 4.77. The molecule has 2 heterocycles. The minimum absolute atomic E-state index is 0.0310. The highest BCUT2D eigenvalue weighted by Gasteiger charge is 2.17. The van der Waals surface area contributed by atoms with Crippen LogP contribution in [0, 0.1) is 0 Å². The van der Waals surface area contributed by atoms with Crippen LogP contribution in [-0.4, -0.2) is 31.1 Å². The third kappa shape index (κ3) is 3.22. The number of rotatable bonds is 3. The normalized spacial score (nSPS) is 13.0. The van der Waals surface area contributed by atoms with Gasteiger partial charge in [-0.2, -0.15) is 0 Å². The fraction of sp³-hybridized carbons (Fsp3) is 0.267. The van der Waals surface area contributed by atoms with Gasteiger partial charge in [0.25, 0.3) is 5.91 Å². The van der Waals surface area contributed by atoms with Gasteiger partial charge in [-0.05, 0) is 46.3 Å². The van der Waals surface area contributed by atoms with Gasteiger partial charge >= 0.3 is 0 Å². The Morgan fingerprint density at radius 2 is 2.00 bits per heavy atom. The largest absolute Gasteiger partial charge is 0.486 e. The molecule has 1 aliphatic rings. The molecule has 1 aromatic heterocycles. The van der Waals surface area contributed by atoms with E-state index in [-0.39, 0.29) is 5.91 Å². The molecule has 1 amide bonds. The van der Waals surface area contributed by atoms with Crippen LogP contribution in [0.2, 0.25) is 0 Å². The summed E-state index contributed by atoms with van der Waals surface area (Å²) in [5, 5.41) is 0. The molecule has 2 aromatic rings. The fourth-order valence-electron chi connectivity index (χ4n) is 2.14. The lowest BCUT2D eigenvalue weighted by molar-refractivity contribution is 0.0785. The number of amides is 1. The second-order valence-corrected chi connectivity index (χ2v) is 7.27. The number of hydrogen-bond donors (Lipinski definition) is 0. The molecule has 4 nitrogen and oxygen atoms in total. The Labute approximate surface area is 135 Å². The summed E-state index contributed by atoms with van der Waals surface area (Å²) in [5.74, 6) is 1.30. The van der Waals surface area contributed by atoms with Crippen molar-refractivity contribution < 1.29 is 14.3 Å². The molecule has 6 heteroatoms. The SMILES string of the molecule is CN(Cc1ccc(Br)s1)C(=O)c1ccc2c(c1)OCCO2. The molecule has 0 saturated carbocycles. The lowest BCUT2D eigenvalue weighted by Crippen LogP contribution is -2.26. The molecule has 0 N–H and O–H groups in total. The zero-order valence-electron chi connectivity index (χ0n) is 11.5. The summed E-state index contributed by atoms with van der Waals surface area (Å²) in [6.07, 6.45) is 0. The van der Waals surface area contributed by atoms with Gasteiger partial charge in [0.1, 0.15) is 13.2 Å². The Balaban J connectivity index is 1.75. The summed E-state index contributed by atoms with van der Waals surface area (Å²) in [6, 6.07) is 9.32. The Morgan fingerprint density at radius 1 is 1.24 bits per heavy atom. The zero-order valence-corrected chi connectivity index (χ0v) is 13.9. The Hall–Kier alpha value is -1.53. The van der Waals surface area contributed by atoms with Gasteiger partial charge < -0.3 is 14.4 Å². The molecule has 0 saturated heterocycles. The quantitative estimate of drug-likeness (QED) is 0.832. The monoisotopic (exact) mass is 367 g/mol. The van der Waals surface area contributed by atoms with Crippen molar-refractivity contribution in [2.75, 3.05) is 20.3 Å². The first-order valence-corrected chi connectivity index (χ1v) is 8.14. The molecule has 21 heavy (non-hydrogen) atoms. The molecular formula is C15H14BrNO3S. The molecule has 0 aliphatic carbocycles. The second kappa shape index (κ2) is 6.07. The average Bonchev–Trinajstić information content (AvgIpc) is 2.91. The highest BCUT2D eigenvalue weighted by atomic mass is 79.9. The second-order valence-electron chi connectivity index (χ2n) is 4.73. The van der Waals surface area contributed by atoms with Crippen molar-refractivity contribution in [3.05, 3.63) is 44.6 Å². The molecule has 1 aliphatic heterocycles. The van der Waals surface area contributed by atoms with Gasteiger partial charge in [-0.1, -0.05) is 0 Å². The van der Waals surface area contributed by atoms with Gasteiger partial charge in [0.2, 0.25) is 0 Å². The Bertz CT molecular complexity index is 671. The van der Waals surface area contributed by atoms with E-state index in [1.54, 1.807) is 41.5 Å². The predicted molar refractivity (Wildman–Crippen MR) is 85.2 cm³/mol. The maximum Gasteiger partial charge on any atom is 0.254 e. The smallest absolute Gasteiger partial charge is 0.254 e. The number of carbonyl (C=O) groups is 1. The maximum absolute atomic E-state index is 12.5. The summed E-state index contributed by atoms with van der Waals surface area (Å²) in [7, 11) is 1.80. The van der Waals surface area contributed by atoms with E-state index in [0.29, 0.717) is 36.8 Å². The summed E-state index contributed by atoms with van der Waals surface area (Å²) < 4.78 is 12.0. The first-order chi connectivity index (χ1) is 10.1. The summed E-state index contributed by atoms with van der Waals surface area (Å²) in [5.41, 5.74) is 0.609. The molecule has 0 atom stereocenters. The summed E-state index contributed by atoms with van der Waals surface area (Å²) in [6.45, 7) is 1.65. The third-order valence-electron chi connectivity index (χ3n) is 3.16. The van der Waals surface area contributed by atoms with Crippen molar-refractivity contribution in [3.8, 4) is 11.5 Å². The molecule has 1 aromatic carbocycles. The van der Waals surface area contributed by atoms with Crippen molar-refractivity contribution in [1.82, 2.24) is 4.90 Å². The van der Waals surface area contributed by atoms with E-state index in [4.69, 9.17) is 9.47 Å². The first-order valence-electron chi connectivity index (χ1n) is 6.53. The molecule has 110 valence electrons. The highest BCUT2D eigenvalue weighted by molar-refractivity contribution is 9.11. The zero-order chi connectivity index (χ0) is 14.8. The number of nitrogens with zero attached hydrogens (tertiary/aromatic N) is 1. The number of carbonyl (C=O) groups excluding carboxylic acids is 1. The number of ether oxygens (including phenoxy) is 2. The van der Waals surface area contributed by atoms with Crippen LogP contribution in [0.25, 0.3) is 0 Å². The number of hydrogen-bond acceptors (Lipinski definition) is 4. The molecular weight excluding hydrogens is 354 g/mol. The van der Waals surface area contributed by atoms with Crippen molar-refractivity contribution in [1.29, 1.82) is 0 Å². The van der Waals surface area contributed by atoms with E-state index in [9.17, 15) is 4.79 Å². The lowest BCUT2D eigenvalue weighted by Gasteiger charge is -2.20. The fourth-order valence-corrected chi connectivity index (χ4v) is 3.68. The van der Waals surface area contributed by atoms with Crippen LogP contribution in [0.15, 0.2) is 34.1 Å². The van der Waals surface area contributed by atoms with Crippen molar-refractivity contribution in [2.24, 2.45) is 0 Å². The maximum atomic E-state index is 12.5. The minimum Gasteiger partial charge on any atom is -0.486 e. The number of fused-ring (bicyclic) bond motifs is 1. The van der Waals surface area contributed by atoms with Gasteiger partial charge in [0.15, 0.2) is 11.5 Å². The van der Waals surface area contributed by atoms with E-state index in [1.807, 2.05) is 12.1 Å². The first kappa shape index (κ1) is 14.4. The molecule has 0 fully saturated rings. The molecule has 0 bridgehead atoms. The topological polar surface area (TPSA) is 38.8 Å². The van der Waals surface area contributed by atoms with Crippen molar-refractivity contribution in [3.63, 3.8) is 0 Å². The molecule has 0 spiro atoms. The van der Waals surface area contributed by atoms with Gasteiger partial charge in [0.05, 0.1) is 10.3 Å². The van der Waals surface area contributed by atoms with Crippen LogP contribution < -0.4 is 9.47 Å². The number of halogens is 1. The Kier molecular flexibility index (Phi) is 4.17. The van der Waals surface area contributed by atoms with Gasteiger partial charge in [0, 0.05) is 17.5 Å². The minimum atomic E-state index is -0.0310. The molecule has 0 unspecified atom stereocenters. The van der Waals surface area contributed by atoms with E-state index in [1.165, 1.54) is 0 Å². The van der Waals surface area contributed by atoms with Crippen LogP contribution in [0.1, 0.15) is 15.2 Å². The Morgan fingerprint density at radius 3 is 2.71 bits per heavy atom. The molecule has 0 radical (unpaired) electrons. The van der Waals surface area contributed by atoms with E-state index >= 15 is 0 Å². The summed E-state index contributed by atoms with van der Waals surface area (Å²) >= 11 is 5.06. The van der Waals surface area contributed by atoms with Crippen LogP contribution in [0.4, 0.5) is 0 Å². The van der Waals surface area contributed by atoms with Gasteiger partial charge in [-0.15, -0.1) is 11.3 Å². The molecule has 3 rings (SSSR count). The van der Waals surface area contributed by atoms with E-state index in [0.717, 1.165) is 8.66 Å². The predicted octanol–water partition coefficient (Wildman–Crippen LogP) is 3.55. The van der Waals surface area contributed by atoms with Crippen LogP contribution >= 0.6 is 27.3 Å². The van der Waals surface area contributed by atoms with E-state index < -0.39 is 0 Å². The average molecular weight is 368 g/mol. The number of thiophene rings is 1. The van der Waals surface area contributed by atoms with Crippen molar-refractivity contribution >= 4 is 33.2 Å². The van der Waals surface area contributed by atoms with Gasteiger partial charge in [-0.3, -0.25) is 4.79 Å².